The van der Waals surface area contributed by atoms with E-state index in [2.05, 4.69) is 39.4 Å². The molecule has 0 aliphatic carbocycles. The minimum absolute atomic E-state index is 0.250. The Morgan fingerprint density at radius 1 is 1.26 bits per heavy atom. The summed E-state index contributed by atoms with van der Waals surface area (Å²) in [6.07, 6.45) is 2.19. The van der Waals surface area contributed by atoms with Crippen molar-refractivity contribution in [1.82, 2.24) is 10.2 Å². The van der Waals surface area contributed by atoms with Gasteiger partial charge in [-0.15, -0.1) is 16.7 Å². The molecule has 19 heavy (non-hydrogen) atoms. The van der Waals surface area contributed by atoms with E-state index in [-0.39, 0.29) is 5.38 Å². The number of fused-ring (bicyclic) bond motifs is 1. The highest BCUT2D eigenvalue weighted by Crippen LogP contribution is 2.25. The molecule has 5 heteroatoms. The maximum atomic E-state index is 5.95. The summed E-state index contributed by atoms with van der Waals surface area (Å²) >= 11 is 5.95. The zero-order chi connectivity index (χ0) is 13.2. The highest BCUT2D eigenvalue weighted by atomic mass is 35.5. The molecule has 0 bridgehead atoms. The van der Waals surface area contributed by atoms with Crippen molar-refractivity contribution >= 4 is 17.6 Å². The Kier molecular flexibility index (Phi) is 3.42. The number of anilines is 1. The summed E-state index contributed by atoms with van der Waals surface area (Å²) in [7, 11) is 0. The minimum Gasteiger partial charge on any atom is -0.406 e. The van der Waals surface area contributed by atoms with Crippen molar-refractivity contribution in [2.24, 2.45) is 0 Å². The molecule has 1 aromatic heterocycles. The second-order valence-corrected chi connectivity index (χ2v) is 5.49. The maximum Gasteiger partial charge on any atom is 0.318 e. The van der Waals surface area contributed by atoms with Crippen molar-refractivity contribution in [2.45, 2.75) is 31.7 Å². The topological polar surface area (TPSA) is 42.2 Å². The van der Waals surface area contributed by atoms with Crippen molar-refractivity contribution in [1.29, 1.82) is 0 Å². The van der Waals surface area contributed by atoms with E-state index in [1.807, 2.05) is 6.92 Å². The Hall–Kier alpha value is -1.55. The van der Waals surface area contributed by atoms with Crippen molar-refractivity contribution in [3.63, 3.8) is 0 Å². The van der Waals surface area contributed by atoms with Crippen LogP contribution in [0.4, 0.5) is 6.01 Å². The third kappa shape index (κ3) is 2.59. The quantitative estimate of drug-likeness (QED) is 0.790. The first-order valence-electron chi connectivity index (χ1n) is 6.53. The standard InChI is InChI=1S/C14H16ClN3O/c1-10(15)13-16-17-14(19-13)18-8-4-7-11-5-2-3-6-12(11)9-18/h2-3,5-6,10H,4,7-9H2,1H3. The number of aromatic nitrogens is 2. The number of nitrogens with zero attached hydrogens (tertiary/aromatic N) is 3. The van der Waals surface area contributed by atoms with Crippen LogP contribution in [0.5, 0.6) is 0 Å². The van der Waals surface area contributed by atoms with E-state index in [4.69, 9.17) is 16.0 Å². The van der Waals surface area contributed by atoms with Gasteiger partial charge in [-0.3, -0.25) is 0 Å². The van der Waals surface area contributed by atoms with Crippen LogP contribution in [0.3, 0.4) is 0 Å². The summed E-state index contributed by atoms with van der Waals surface area (Å²) in [5, 5.41) is 7.84. The van der Waals surface area contributed by atoms with Gasteiger partial charge in [0.15, 0.2) is 0 Å². The first-order chi connectivity index (χ1) is 9.24. The fraction of sp³-hybridized carbons (Fsp3) is 0.429. The molecule has 0 spiro atoms. The molecule has 0 N–H and O–H groups in total. The van der Waals surface area contributed by atoms with Crippen molar-refractivity contribution in [3.8, 4) is 0 Å². The highest BCUT2D eigenvalue weighted by molar-refractivity contribution is 6.20. The van der Waals surface area contributed by atoms with Gasteiger partial charge in [-0.25, -0.2) is 0 Å². The van der Waals surface area contributed by atoms with Crippen LogP contribution < -0.4 is 4.90 Å². The van der Waals surface area contributed by atoms with Gasteiger partial charge in [-0.1, -0.05) is 29.4 Å². The normalized spacial score (nSPS) is 16.8. The number of benzene rings is 1. The number of hydrogen-bond donors (Lipinski definition) is 0. The average Bonchev–Trinajstić information content (AvgIpc) is 2.80. The van der Waals surface area contributed by atoms with Crippen LogP contribution in [0.2, 0.25) is 0 Å². The Morgan fingerprint density at radius 2 is 2.05 bits per heavy atom. The van der Waals surface area contributed by atoms with Gasteiger partial charge >= 0.3 is 6.01 Å². The molecular formula is C14H16ClN3O. The minimum atomic E-state index is -0.250. The van der Waals surface area contributed by atoms with Gasteiger partial charge in [0.05, 0.1) is 0 Å². The van der Waals surface area contributed by atoms with Crippen molar-refractivity contribution in [2.75, 3.05) is 11.4 Å². The van der Waals surface area contributed by atoms with E-state index in [1.165, 1.54) is 11.1 Å². The average molecular weight is 278 g/mol. The highest BCUT2D eigenvalue weighted by Gasteiger charge is 2.20. The second-order valence-electron chi connectivity index (χ2n) is 4.83. The summed E-state index contributed by atoms with van der Waals surface area (Å²) in [4.78, 5) is 2.13. The molecular weight excluding hydrogens is 262 g/mol. The number of halogens is 1. The number of hydrogen-bond acceptors (Lipinski definition) is 4. The largest absolute Gasteiger partial charge is 0.406 e. The Labute approximate surface area is 117 Å². The lowest BCUT2D eigenvalue weighted by Crippen LogP contribution is -2.22. The van der Waals surface area contributed by atoms with E-state index >= 15 is 0 Å². The lowest BCUT2D eigenvalue weighted by Gasteiger charge is -2.17. The summed E-state index contributed by atoms with van der Waals surface area (Å²) in [6.45, 7) is 3.57. The van der Waals surface area contributed by atoms with E-state index in [0.29, 0.717) is 11.9 Å². The molecule has 1 aliphatic heterocycles. The number of alkyl halides is 1. The van der Waals surface area contributed by atoms with Crippen LogP contribution in [-0.4, -0.2) is 16.7 Å². The first kappa shape index (κ1) is 12.5. The zero-order valence-electron chi connectivity index (χ0n) is 10.8. The van der Waals surface area contributed by atoms with Gasteiger partial charge in [-0.2, -0.15) is 0 Å². The third-order valence-electron chi connectivity index (χ3n) is 3.39. The molecule has 4 nitrogen and oxygen atoms in total. The molecule has 0 radical (unpaired) electrons. The van der Waals surface area contributed by atoms with Crippen molar-refractivity contribution in [3.05, 3.63) is 41.3 Å². The van der Waals surface area contributed by atoms with Gasteiger partial charge in [0.2, 0.25) is 5.89 Å². The van der Waals surface area contributed by atoms with Gasteiger partial charge in [0.1, 0.15) is 5.38 Å². The zero-order valence-corrected chi connectivity index (χ0v) is 11.6. The van der Waals surface area contributed by atoms with Crippen LogP contribution in [0.15, 0.2) is 28.7 Å². The molecule has 1 aromatic carbocycles. The predicted octanol–water partition coefficient (Wildman–Crippen LogP) is 3.32. The number of rotatable bonds is 2. The van der Waals surface area contributed by atoms with E-state index < -0.39 is 0 Å². The molecule has 0 amide bonds. The molecule has 1 unspecified atom stereocenters. The first-order valence-corrected chi connectivity index (χ1v) is 6.97. The Balaban J connectivity index is 1.85. The van der Waals surface area contributed by atoms with Crippen molar-refractivity contribution < 1.29 is 4.42 Å². The van der Waals surface area contributed by atoms with Gasteiger partial charge < -0.3 is 9.32 Å². The van der Waals surface area contributed by atoms with Crippen LogP contribution in [-0.2, 0) is 13.0 Å². The molecule has 0 saturated carbocycles. The monoisotopic (exact) mass is 277 g/mol. The fourth-order valence-corrected chi connectivity index (χ4v) is 2.47. The smallest absolute Gasteiger partial charge is 0.318 e. The van der Waals surface area contributed by atoms with Gasteiger partial charge in [-0.05, 0) is 30.9 Å². The summed E-state index contributed by atoms with van der Waals surface area (Å²) in [5.41, 5.74) is 2.74. The Bertz CT molecular complexity index is 567. The molecule has 0 saturated heterocycles. The summed E-state index contributed by atoms with van der Waals surface area (Å²) in [5.74, 6) is 0.481. The summed E-state index contributed by atoms with van der Waals surface area (Å²) < 4.78 is 5.63. The van der Waals surface area contributed by atoms with Gasteiger partial charge in [0.25, 0.3) is 0 Å². The third-order valence-corrected chi connectivity index (χ3v) is 3.58. The maximum absolute atomic E-state index is 5.95. The SMILES string of the molecule is CC(Cl)c1nnc(N2CCCc3ccccc3C2)o1. The molecule has 1 atom stereocenters. The number of aryl methyl sites for hydroxylation is 1. The van der Waals surface area contributed by atoms with Gasteiger partial charge in [0, 0.05) is 13.1 Å². The van der Waals surface area contributed by atoms with Crippen LogP contribution in [0.25, 0.3) is 0 Å². The lowest BCUT2D eigenvalue weighted by atomic mass is 10.0. The molecule has 2 heterocycles. The predicted molar refractivity (Wildman–Crippen MR) is 74.4 cm³/mol. The summed E-state index contributed by atoms with van der Waals surface area (Å²) in [6, 6.07) is 9.09. The Morgan fingerprint density at radius 3 is 2.79 bits per heavy atom. The molecule has 3 rings (SSSR count). The lowest BCUT2D eigenvalue weighted by molar-refractivity contribution is 0.481. The molecule has 100 valence electrons. The van der Waals surface area contributed by atoms with Crippen LogP contribution in [0.1, 0.15) is 35.7 Å². The van der Waals surface area contributed by atoms with Crippen LogP contribution in [0, 0.1) is 0 Å². The fourth-order valence-electron chi connectivity index (χ4n) is 2.38. The van der Waals surface area contributed by atoms with E-state index in [9.17, 15) is 0 Å². The molecule has 0 fully saturated rings. The van der Waals surface area contributed by atoms with E-state index in [1.54, 1.807) is 0 Å². The van der Waals surface area contributed by atoms with Crippen LogP contribution >= 0.6 is 11.6 Å². The van der Waals surface area contributed by atoms with E-state index in [0.717, 1.165) is 25.9 Å². The molecule has 1 aliphatic rings. The second kappa shape index (κ2) is 5.21. The molecule has 2 aromatic rings.